The summed E-state index contributed by atoms with van der Waals surface area (Å²) in [7, 11) is 1.56. The minimum Gasteiger partial charge on any atom is -0.391 e. The van der Waals surface area contributed by atoms with Gasteiger partial charge in [-0.3, -0.25) is 9.59 Å². The number of hydrogen-bond acceptors (Lipinski definition) is 4. The summed E-state index contributed by atoms with van der Waals surface area (Å²) < 4.78 is 0. The van der Waals surface area contributed by atoms with Gasteiger partial charge in [0.25, 0.3) is 5.91 Å². The second-order valence-corrected chi connectivity index (χ2v) is 9.91. The van der Waals surface area contributed by atoms with Gasteiger partial charge in [-0.25, -0.2) is 0 Å². The normalized spacial score (nSPS) is 16.9. The molecule has 1 aliphatic rings. The van der Waals surface area contributed by atoms with Gasteiger partial charge in [0.1, 0.15) is 5.69 Å². The molecule has 1 fully saturated rings. The fourth-order valence-electron chi connectivity index (χ4n) is 4.96. The van der Waals surface area contributed by atoms with E-state index in [0.717, 1.165) is 36.6 Å². The van der Waals surface area contributed by atoms with Crippen LogP contribution in [0.15, 0.2) is 41.5 Å². The summed E-state index contributed by atoms with van der Waals surface area (Å²) in [5.41, 5.74) is 9.61. The lowest BCUT2D eigenvalue weighted by molar-refractivity contribution is -0.125. The van der Waals surface area contributed by atoms with E-state index in [4.69, 9.17) is 17.1 Å². The fourth-order valence-corrected chi connectivity index (χ4v) is 5.14. The molecular formula is C26H35ClN6O3. The number of aliphatic hydroxyl groups is 1. The van der Waals surface area contributed by atoms with E-state index in [-0.39, 0.29) is 24.8 Å². The van der Waals surface area contributed by atoms with Crippen LogP contribution in [0.5, 0.6) is 0 Å². The minimum absolute atomic E-state index is 0.183. The summed E-state index contributed by atoms with van der Waals surface area (Å²) >= 11 is 6.08. The Bertz CT molecular complexity index is 1100. The second kappa shape index (κ2) is 13.9. The molecule has 1 aromatic carbocycles. The van der Waals surface area contributed by atoms with Gasteiger partial charge in [-0.15, -0.1) is 0 Å². The first-order valence-electron chi connectivity index (χ1n) is 12.6. The summed E-state index contributed by atoms with van der Waals surface area (Å²) in [6.45, 7) is 0.204. The number of allylic oxidation sites excluding steroid dienone is 1. The molecule has 0 radical (unpaired) electrons. The molecule has 0 bridgehead atoms. The van der Waals surface area contributed by atoms with Gasteiger partial charge in [-0.1, -0.05) is 61.0 Å². The SMILES string of the molecule is CNC(=O)C(CC=CCN=[N+]=[N-])C[C@H](O)C(CC1CCCCC1)NC(=O)c1cc2cc(Cl)ccc2[nH]1. The van der Waals surface area contributed by atoms with E-state index < -0.39 is 18.1 Å². The fraction of sp³-hybridized carbons (Fsp3) is 0.538. The van der Waals surface area contributed by atoms with Gasteiger partial charge >= 0.3 is 0 Å². The molecule has 2 amide bonds. The van der Waals surface area contributed by atoms with E-state index in [1.807, 2.05) is 6.07 Å². The Morgan fingerprint density at radius 3 is 2.78 bits per heavy atom. The van der Waals surface area contributed by atoms with Gasteiger partial charge in [0, 0.05) is 40.3 Å². The first-order valence-corrected chi connectivity index (χ1v) is 12.9. The monoisotopic (exact) mass is 514 g/mol. The highest BCUT2D eigenvalue weighted by Crippen LogP contribution is 2.29. The number of rotatable bonds is 12. The number of H-pyrrole nitrogens is 1. The molecule has 0 saturated heterocycles. The zero-order valence-corrected chi connectivity index (χ0v) is 21.4. The van der Waals surface area contributed by atoms with Crippen molar-refractivity contribution < 1.29 is 14.7 Å². The summed E-state index contributed by atoms with van der Waals surface area (Å²) in [4.78, 5) is 31.5. The highest BCUT2D eigenvalue weighted by molar-refractivity contribution is 6.31. The maximum Gasteiger partial charge on any atom is 0.268 e. The molecule has 194 valence electrons. The number of carbonyl (C=O) groups is 2. The molecule has 9 nitrogen and oxygen atoms in total. The summed E-state index contributed by atoms with van der Waals surface area (Å²) in [6.07, 6.45) is 9.51. The van der Waals surface area contributed by atoms with Crippen LogP contribution in [0.3, 0.4) is 0 Å². The molecule has 2 unspecified atom stereocenters. The Morgan fingerprint density at radius 1 is 1.28 bits per heavy atom. The second-order valence-electron chi connectivity index (χ2n) is 9.47. The first kappa shape index (κ1) is 27.6. The number of hydrogen-bond donors (Lipinski definition) is 4. The van der Waals surface area contributed by atoms with Crippen LogP contribution in [0, 0.1) is 11.8 Å². The zero-order valence-electron chi connectivity index (χ0n) is 20.6. The number of aromatic amines is 1. The third-order valence-electron chi connectivity index (χ3n) is 6.90. The van der Waals surface area contributed by atoms with Gasteiger partial charge in [-0.2, -0.15) is 0 Å². The minimum atomic E-state index is -0.900. The average molecular weight is 515 g/mol. The lowest BCUT2D eigenvalue weighted by atomic mass is 9.82. The zero-order chi connectivity index (χ0) is 25.9. The summed E-state index contributed by atoms with van der Waals surface area (Å²) in [5, 5.41) is 21.8. The molecule has 1 aromatic heterocycles. The number of azide groups is 1. The number of aliphatic hydroxyl groups excluding tert-OH is 1. The predicted molar refractivity (Wildman–Crippen MR) is 142 cm³/mol. The van der Waals surface area contributed by atoms with Crippen molar-refractivity contribution in [3.63, 3.8) is 0 Å². The van der Waals surface area contributed by atoms with Gasteiger partial charge in [0.15, 0.2) is 0 Å². The topological polar surface area (TPSA) is 143 Å². The first-order chi connectivity index (χ1) is 17.4. The molecule has 4 N–H and O–H groups in total. The molecule has 3 atom stereocenters. The van der Waals surface area contributed by atoms with E-state index in [1.165, 1.54) is 6.42 Å². The summed E-state index contributed by atoms with van der Waals surface area (Å²) in [6, 6.07) is 6.64. The highest BCUT2D eigenvalue weighted by atomic mass is 35.5. The van der Waals surface area contributed by atoms with Crippen molar-refractivity contribution in [1.82, 2.24) is 15.6 Å². The molecule has 36 heavy (non-hydrogen) atoms. The van der Waals surface area contributed by atoms with Crippen LogP contribution >= 0.6 is 11.6 Å². The van der Waals surface area contributed by atoms with Crippen molar-refractivity contribution in [2.45, 2.75) is 63.5 Å². The van der Waals surface area contributed by atoms with E-state index in [2.05, 4.69) is 25.6 Å². The van der Waals surface area contributed by atoms with Crippen LogP contribution in [0.25, 0.3) is 21.3 Å². The van der Waals surface area contributed by atoms with Crippen molar-refractivity contribution in [3.8, 4) is 0 Å². The number of amides is 2. The number of halogens is 1. The number of nitrogens with one attached hydrogen (secondary N) is 3. The van der Waals surface area contributed by atoms with E-state index >= 15 is 0 Å². The number of benzene rings is 1. The van der Waals surface area contributed by atoms with Gasteiger partial charge in [0.05, 0.1) is 12.1 Å². The third kappa shape index (κ3) is 8.01. The van der Waals surface area contributed by atoms with Crippen molar-refractivity contribution in [2.24, 2.45) is 17.0 Å². The Hall–Kier alpha value is -3.00. The van der Waals surface area contributed by atoms with Crippen molar-refractivity contribution in [1.29, 1.82) is 0 Å². The Kier molecular flexibility index (Phi) is 10.7. The summed E-state index contributed by atoms with van der Waals surface area (Å²) in [5.74, 6) is -0.540. The Morgan fingerprint density at radius 2 is 2.06 bits per heavy atom. The van der Waals surface area contributed by atoms with Crippen LogP contribution in [-0.4, -0.2) is 47.6 Å². The quantitative estimate of drug-likeness (QED) is 0.133. The maximum atomic E-state index is 13.2. The lowest BCUT2D eigenvalue weighted by Crippen LogP contribution is -2.46. The van der Waals surface area contributed by atoms with Crippen LogP contribution in [-0.2, 0) is 4.79 Å². The molecule has 1 heterocycles. The van der Waals surface area contributed by atoms with E-state index in [1.54, 1.807) is 37.4 Å². The van der Waals surface area contributed by atoms with Crippen molar-refractivity contribution in [3.05, 3.63) is 57.6 Å². The number of aromatic nitrogens is 1. The van der Waals surface area contributed by atoms with Gasteiger partial charge < -0.3 is 20.7 Å². The van der Waals surface area contributed by atoms with Gasteiger partial charge in [-0.05, 0) is 55.0 Å². The van der Waals surface area contributed by atoms with Gasteiger partial charge in [0.2, 0.25) is 5.91 Å². The third-order valence-corrected chi connectivity index (χ3v) is 7.14. The smallest absolute Gasteiger partial charge is 0.268 e. The molecule has 0 spiro atoms. The van der Waals surface area contributed by atoms with Crippen LogP contribution in [0.2, 0.25) is 5.02 Å². The maximum absolute atomic E-state index is 13.2. The largest absolute Gasteiger partial charge is 0.391 e. The molecule has 3 rings (SSSR count). The molecular weight excluding hydrogens is 480 g/mol. The Balaban J connectivity index is 1.74. The van der Waals surface area contributed by atoms with Crippen LogP contribution < -0.4 is 10.6 Å². The van der Waals surface area contributed by atoms with Crippen molar-refractivity contribution >= 4 is 34.3 Å². The number of carbonyl (C=O) groups excluding carboxylic acids is 2. The highest BCUT2D eigenvalue weighted by Gasteiger charge is 2.30. The number of nitrogens with zero attached hydrogens (tertiary/aromatic N) is 3. The number of fused-ring (bicyclic) bond motifs is 1. The predicted octanol–water partition coefficient (Wildman–Crippen LogP) is 5.26. The van der Waals surface area contributed by atoms with Crippen LogP contribution in [0.1, 0.15) is 61.9 Å². The molecule has 10 heteroatoms. The van der Waals surface area contributed by atoms with Crippen molar-refractivity contribution in [2.75, 3.05) is 13.6 Å². The van der Waals surface area contributed by atoms with E-state index in [9.17, 15) is 14.7 Å². The average Bonchev–Trinajstić information content (AvgIpc) is 3.31. The standard InChI is InChI=1S/C26H35ClN6O3/c1-29-25(35)18(9-5-6-12-30-33-28)16-24(34)22(13-17-7-3-2-4-8-17)32-26(36)23-15-19-14-20(27)10-11-21(19)31-23/h5-6,10-11,14-15,17-18,22,24,31,34H,2-4,7-9,12-13,16H2,1H3,(H,29,35)(H,32,36)/t18?,22?,24-/m0/s1. The lowest BCUT2D eigenvalue weighted by Gasteiger charge is -2.31. The van der Waals surface area contributed by atoms with E-state index in [0.29, 0.717) is 29.5 Å². The Labute approximate surface area is 216 Å². The molecule has 0 aliphatic heterocycles. The molecule has 1 aliphatic carbocycles. The molecule has 1 saturated carbocycles. The van der Waals surface area contributed by atoms with Crippen LogP contribution in [0.4, 0.5) is 0 Å². The molecule has 2 aromatic rings.